The van der Waals surface area contributed by atoms with Gasteiger partial charge in [0.15, 0.2) is 6.54 Å². The van der Waals surface area contributed by atoms with Crippen molar-refractivity contribution in [1.82, 2.24) is 0 Å². The van der Waals surface area contributed by atoms with Crippen LogP contribution in [0.3, 0.4) is 0 Å². The van der Waals surface area contributed by atoms with E-state index >= 15 is 0 Å². The van der Waals surface area contributed by atoms with Crippen LogP contribution in [-0.2, 0) is 6.54 Å². The summed E-state index contributed by atoms with van der Waals surface area (Å²) in [5.41, 5.74) is 2.06. The highest BCUT2D eigenvalue weighted by Crippen LogP contribution is 2.19. The largest absolute Gasteiger partial charge is 0.322 e. The predicted molar refractivity (Wildman–Crippen MR) is 108 cm³/mol. The van der Waals surface area contributed by atoms with E-state index in [0.717, 1.165) is 16.7 Å². The Morgan fingerprint density at radius 2 is 1.34 bits per heavy atom. The Labute approximate surface area is 164 Å². The number of benzene rings is 4. The minimum absolute atomic E-state index is 0.0726. The van der Waals surface area contributed by atoms with Crippen LogP contribution in [0.25, 0.3) is 21.9 Å². The summed E-state index contributed by atoms with van der Waals surface area (Å²) in [5.74, 6) is 5.11. The van der Waals surface area contributed by atoms with Crippen LogP contribution >= 0.6 is 0 Å². The number of rotatable bonds is 3. The number of nitrogens with one attached hydrogen (secondary N) is 1. The Kier molecular flexibility index (Phi) is 4.83. The normalized spacial score (nSPS) is 12.6. The molecular formula is C23H17FN3O2+. The van der Waals surface area contributed by atoms with Crippen molar-refractivity contribution in [3.63, 3.8) is 0 Å². The third-order valence-corrected chi connectivity index (χ3v) is 4.83. The van der Waals surface area contributed by atoms with Gasteiger partial charge in [-0.05, 0) is 23.3 Å². The maximum absolute atomic E-state index is 13.1. The molecule has 4 aromatic rings. The standard InChI is InChI=1S/C23H16FN3O2/c24-17-11-9-16(10-12-17)15-7-5-14(6-8-15)13-26-20-21(27-25)23(29)19-4-2-1-3-18(19)22(20)28/h1-12H,13,25H2/p+1. The van der Waals surface area contributed by atoms with Crippen molar-refractivity contribution in [2.75, 3.05) is 0 Å². The van der Waals surface area contributed by atoms with Gasteiger partial charge in [0.25, 0.3) is 10.8 Å². The molecule has 5 nitrogen and oxygen atoms in total. The van der Waals surface area contributed by atoms with E-state index in [9.17, 15) is 14.0 Å². The summed E-state index contributed by atoms with van der Waals surface area (Å²) in [5, 5.41) is 4.21. The van der Waals surface area contributed by atoms with Crippen LogP contribution in [0.2, 0.25) is 0 Å². The number of hydrogen-bond donors (Lipinski definition) is 2. The Bertz CT molecular complexity index is 1420. The maximum Gasteiger partial charge on any atom is 0.278 e. The van der Waals surface area contributed by atoms with E-state index in [1.807, 2.05) is 24.3 Å². The zero-order valence-electron chi connectivity index (χ0n) is 15.4. The molecular weight excluding hydrogens is 369 g/mol. The minimum Gasteiger partial charge on any atom is -0.322 e. The summed E-state index contributed by atoms with van der Waals surface area (Å²) in [7, 11) is 0. The van der Waals surface area contributed by atoms with E-state index in [0.29, 0.717) is 17.3 Å². The number of fused-ring (bicyclic) bond motifs is 1. The Morgan fingerprint density at radius 1 is 0.793 bits per heavy atom. The molecule has 0 saturated carbocycles. The van der Waals surface area contributed by atoms with Crippen LogP contribution in [0.15, 0.2) is 87.5 Å². The second kappa shape index (κ2) is 7.59. The molecule has 142 valence electrons. The van der Waals surface area contributed by atoms with Crippen molar-refractivity contribution in [2.24, 2.45) is 10.9 Å². The smallest absolute Gasteiger partial charge is 0.278 e. The molecule has 0 atom stereocenters. The van der Waals surface area contributed by atoms with Crippen molar-refractivity contribution in [3.05, 3.63) is 115 Å². The quantitative estimate of drug-likeness (QED) is 0.390. The lowest BCUT2D eigenvalue weighted by molar-refractivity contribution is -0.519. The highest BCUT2D eigenvalue weighted by molar-refractivity contribution is 5.81. The van der Waals surface area contributed by atoms with E-state index in [-0.39, 0.29) is 27.4 Å². The number of nitrogens with two attached hydrogens (primary N) is 1. The summed E-state index contributed by atoms with van der Waals surface area (Å²) in [6.07, 6.45) is 0. The lowest BCUT2D eigenvalue weighted by Gasteiger charge is -2.02. The van der Waals surface area contributed by atoms with Crippen LogP contribution in [0, 0.1) is 5.82 Å². The molecule has 0 spiro atoms. The van der Waals surface area contributed by atoms with E-state index in [1.165, 1.54) is 12.1 Å². The molecule has 0 fully saturated rings. The summed E-state index contributed by atoms with van der Waals surface area (Å²) in [6.45, 7) is 0.319. The first-order chi connectivity index (χ1) is 14.1. The van der Waals surface area contributed by atoms with Gasteiger partial charge in [0.05, 0.1) is 0 Å². The minimum atomic E-state index is -0.378. The lowest BCUT2D eigenvalue weighted by Crippen LogP contribution is -2.83. The molecule has 0 saturated heterocycles. The van der Waals surface area contributed by atoms with Gasteiger partial charge in [-0.3, -0.25) is 9.59 Å². The monoisotopic (exact) mass is 386 g/mol. The number of hydrogen-bond acceptors (Lipinski definition) is 4. The fourth-order valence-corrected chi connectivity index (χ4v) is 3.30. The van der Waals surface area contributed by atoms with Crippen molar-refractivity contribution in [2.45, 2.75) is 6.54 Å². The molecule has 3 N–H and O–H groups in total. The lowest BCUT2D eigenvalue weighted by atomic mass is 10.0. The van der Waals surface area contributed by atoms with Crippen molar-refractivity contribution in [3.8, 4) is 11.1 Å². The van der Waals surface area contributed by atoms with E-state index in [2.05, 4.69) is 10.1 Å². The van der Waals surface area contributed by atoms with Gasteiger partial charge in [0.1, 0.15) is 5.82 Å². The maximum atomic E-state index is 13.1. The van der Waals surface area contributed by atoms with Gasteiger partial charge in [0.2, 0.25) is 10.8 Å². The second-order valence-electron chi connectivity index (χ2n) is 6.61. The van der Waals surface area contributed by atoms with Crippen LogP contribution in [0.5, 0.6) is 0 Å². The number of halogens is 1. The third-order valence-electron chi connectivity index (χ3n) is 4.83. The highest BCUT2D eigenvalue weighted by Gasteiger charge is 2.13. The molecule has 0 aromatic heterocycles. The van der Waals surface area contributed by atoms with Gasteiger partial charge in [-0.1, -0.05) is 60.7 Å². The van der Waals surface area contributed by atoms with Crippen LogP contribution in [0.1, 0.15) is 5.56 Å². The zero-order valence-corrected chi connectivity index (χ0v) is 15.4. The van der Waals surface area contributed by atoms with Gasteiger partial charge in [-0.15, -0.1) is 0 Å². The fraction of sp³-hybridized carbons (Fsp3) is 0.0435. The van der Waals surface area contributed by atoms with Gasteiger partial charge in [-0.25, -0.2) is 9.38 Å². The van der Waals surface area contributed by atoms with Crippen molar-refractivity contribution < 1.29 is 9.38 Å². The average Bonchev–Trinajstić information content (AvgIpc) is 2.76. The summed E-state index contributed by atoms with van der Waals surface area (Å²) in [4.78, 5) is 28.4. The molecule has 0 aliphatic rings. The Morgan fingerprint density at radius 3 is 1.93 bits per heavy atom. The van der Waals surface area contributed by atoms with Crippen molar-refractivity contribution in [1.29, 1.82) is 0 Å². The van der Waals surface area contributed by atoms with Crippen molar-refractivity contribution >= 4 is 10.8 Å². The van der Waals surface area contributed by atoms with Gasteiger partial charge in [0, 0.05) is 16.3 Å². The summed E-state index contributed by atoms with van der Waals surface area (Å²) >= 11 is 0. The molecule has 0 aliphatic heterocycles. The Balaban J connectivity index is 1.74. The van der Waals surface area contributed by atoms with E-state index < -0.39 is 0 Å². The summed E-state index contributed by atoms with van der Waals surface area (Å²) < 4.78 is 13.1. The van der Waals surface area contributed by atoms with Gasteiger partial charge in [-0.2, -0.15) is 5.10 Å². The van der Waals surface area contributed by atoms with Crippen LogP contribution < -0.4 is 32.4 Å². The predicted octanol–water partition coefficient (Wildman–Crippen LogP) is 0.198. The molecule has 0 aliphatic carbocycles. The molecule has 0 heterocycles. The fourth-order valence-electron chi connectivity index (χ4n) is 3.30. The molecule has 0 bridgehead atoms. The van der Waals surface area contributed by atoms with Gasteiger partial charge < -0.3 is 5.84 Å². The topological polar surface area (TPSA) is 86.5 Å². The zero-order chi connectivity index (χ0) is 20.4. The molecule has 0 unspecified atom stereocenters. The molecule has 0 amide bonds. The highest BCUT2D eigenvalue weighted by atomic mass is 19.1. The first-order valence-corrected chi connectivity index (χ1v) is 9.01. The van der Waals surface area contributed by atoms with Crippen LogP contribution in [0.4, 0.5) is 4.39 Å². The average molecular weight is 386 g/mol. The molecule has 6 heteroatoms. The number of nitrogens with zero attached hydrogens (tertiary/aromatic N) is 1. The second-order valence-corrected chi connectivity index (χ2v) is 6.61. The molecule has 4 aromatic carbocycles. The van der Waals surface area contributed by atoms with Crippen LogP contribution in [-0.4, -0.2) is 0 Å². The third kappa shape index (κ3) is 3.48. The van der Waals surface area contributed by atoms with E-state index in [1.54, 1.807) is 36.4 Å². The molecule has 4 rings (SSSR count). The van der Waals surface area contributed by atoms with E-state index in [4.69, 9.17) is 5.84 Å². The SMILES string of the molecule is NN=c1c(=[NH+]Cc2ccc(-c3ccc(F)cc3)cc2)c(=O)c2ccccc2c1=O. The molecule has 29 heavy (non-hydrogen) atoms. The molecule has 0 radical (unpaired) electrons. The van der Waals surface area contributed by atoms with Gasteiger partial charge >= 0.3 is 0 Å². The Hall–Kier alpha value is -3.93. The summed E-state index contributed by atoms with van der Waals surface area (Å²) in [6, 6.07) is 20.5. The first kappa shape index (κ1) is 18.4. The first-order valence-electron chi connectivity index (χ1n) is 9.01.